The van der Waals surface area contributed by atoms with E-state index in [2.05, 4.69) is 0 Å². The van der Waals surface area contributed by atoms with Crippen molar-refractivity contribution in [1.82, 2.24) is 0 Å². The molecule has 0 radical (unpaired) electrons. The van der Waals surface area contributed by atoms with Crippen LogP contribution in [0.5, 0.6) is 0 Å². The highest BCUT2D eigenvalue weighted by Crippen LogP contribution is 2.46. The molecule has 0 unspecified atom stereocenters. The van der Waals surface area contributed by atoms with Gasteiger partial charge in [-0.1, -0.05) is 49.7 Å². The van der Waals surface area contributed by atoms with Crippen LogP contribution in [0.15, 0.2) is 65.2 Å². The summed E-state index contributed by atoms with van der Waals surface area (Å²) in [6.45, 7) is 5.52. The summed E-state index contributed by atoms with van der Waals surface area (Å²) in [7, 11) is -1.69. The van der Waals surface area contributed by atoms with Gasteiger partial charge in [-0.2, -0.15) is 0 Å². The molecule has 0 aliphatic carbocycles. The van der Waals surface area contributed by atoms with Crippen LogP contribution < -0.4 is 4.90 Å². The first-order chi connectivity index (χ1) is 14.5. The fourth-order valence-electron chi connectivity index (χ4n) is 3.76. The average Bonchev–Trinajstić information content (AvgIpc) is 2.92. The third-order valence-electron chi connectivity index (χ3n) is 5.57. The maximum Gasteiger partial charge on any atom is 0.307 e. The highest BCUT2D eigenvalue weighted by molar-refractivity contribution is 7.91. The molecule has 164 valence electrons. The van der Waals surface area contributed by atoms with Crippen molar-refractivity contribution in [1.29, 1.82) is 0 Å². The van der Waals surface area contributed by atoms with Crippen molar-refractivity contribution in [2.24, 2.45) is 0 Å². The lowest BCUT2D eigenvalue weighted by Crippen LogP contribution is -2.25. The van der Waals surface area contributed by atoms with E-state index in [0.717, 1.165) is 22.5 Å². The molecule has 2 aromatic carbocycles. The molecule has 0 N–H and O–H groups in total. The smallest absolute Gasteiger partial charge is 0.307 e. The van der Waals surface area contributed by atoms with Crippen molar-refractivity contribution in [3.8, 4) is 0 Å². The van der Waals surface area contributed by atoms with Crippen molar-refractivity contribution >= 4 is 27.3 Å². The number of carbonyl (C=O) groups excluding carboxylic acids is 2. The number of sulfone groups is 1. The molecule has 1 heterocycles. The molecule has 0 saturated carbocycles. The summed E-state index contributed by atoms with van der Waals surface area (Å²) >= 11 is 0. The molecule has 0 spiro atoms. The number of ketones is 1. The van der Waals surface area contributed by atoms with E-state index in [1.807, 2.05) is 57.0 Å². The molecule has 0 fully saturated rings. The van der Waals surface area contributed by atoms with Gasteiger partial charge in [0.05, 0.1) is 17.1 Å². The van der Waals surface area contributed by atoms with Gasteiger partial charge >= 0.3 is 5.97 Å². The summed E-state index contributed by atoms with van der Waals surface area (Å²) in [4.78, 5) is 26.6. The minimum Gasteiger partial charge on any atom is -0.457 e. The first kappa shape index (κ1) is 22.7. The number of hydrogen-bond acceptors (Lipinski definition) is 6. The summed E-state index contributed by atoms with van der Waals surface area (Å²) in [6, 6.07) is 14.4. The van der Waals surface area contributed by atoms with Crippen molar-refractivity contribution in [3.05, 3.63) is 71.4 Å². The first-order valence-corrected chi connectivity index (χ1v) is 11.7. The van der Waals surface area contributed by atoms with Gasteiger partial charge in [-0.25, -0.2) is 8.42 Å². The fourth-order valence-corrected chi connectivity index (χ4v) is 4.98. The molecule has 1 aliphatic rings. The molecular weight excluding hydrogens is 414 g/mol. The second-order valence-electron chi connectivity index (χ2n) is 8.24. The van der Waals surface area contributed by atoms with Crippen LogP contribution in [-0.2, 0) is 29.6 Å². The van der Waals surface area contributed by atoms with Crippen LogP contribution in [0.25, 0.3) is 0 Å². The Morgan fingerprint density at radius 1 is 1.06 bits per heavy atom. The normalized spacial score (nSPS) is 16.3. The molecule has 7 heteroatoms. The van der Waals surface area contributed by atoms with Crippen LogP contribution >= 0.6 is 0 Å². The lowest BCUT2D eigenvalue weighted by Gasteiger charge is -2.23. The molecule has 0 amide bonds. The molecule has 31 heavy (non-hydrogen) atoms. The highest BCUT2D eigenvalue weighted by atomic mass is 32.2. The van der Waals surface area contributed by atoms with E-state index >= 15 is 0 Å². The Bertz CT molecular complexity index is 1130. The molecule has 0 bridgehead atoms. The number of hydrogen-bond donors (Lipinski definition) is 0. The predicted octanol–water partition coefficient (Wildman–Crippen LogP) is 3.58. The number of fused-ring (bicyclic) bond motifs is 1. The van der Waals surface area contributed by atoms with E-state index in [0.29, 0.717) is 0 Å². The SMILES string of the molecule is Cc1ccc(S(=O)(=O)CCC(=O)OCC(=O)/C=C2/N(C)c3ccccc3C2(C)C)cc1. The summed E-state index contributed by atoms with van der Waals surface area (Å²) in [5, 5.41) is 0. The third-order valence-corrected chi connectivity index (χ3v) is 7.30. The fraction of sp³-hybridized carbons (Fsp3) is 0.333. The lowest BCUT2D eigenvalue weighted by molar-refractivity contribution is -0.146. The van der Waals surface area contributed by atoms with E-state index in [1.165, 1.54) is 18.2 Å². The number of para-hydroxylation sites is 1. The van der Waals surface area contributed by atoms with Crippen LogP contribution in [0.2, 0.25) is 0 Å². The van der Waals surface area contributed by atoms with Gasteiger partial charge in [-0.3, -0.25) is 9.59 Å². The van der Waals surface area contributed by atoms with Gasteiger partial charge in [0.15, 0.2) is 22.2 Å². The maximum absolute atomic E-state index is 12.4. The van der Waals surface area contributed by atoms with Gasteiger partial charge in [0, 0.05) is 29.9 Å². The Kier molecular flexibility index (Phi) is 6.36. The van der Waals surface area contributed by atoms with Crippen LogP contribution in [0.3, 0.4) is 0 Å². The Hall–Kier alpha value is -2.93. The maximum atomic E-state index is 12.4. The van der Waals surface area contributed by atoms with Crippen molar-refractivity contribution < 1.29 is 22.7 Å². The number of aryl methyl sites for hydroxylation is 1. The monoisotopic (exact) mass is 441 g/mol. The van der Waals surface area contributed by atoms with Gasteiger partial charge in [0.1, 0.15) is 0 Å². The van der Waals surface area contributed by atoms with Crippen LogP contribution in [0.1, 0.15) is 31.4 Å². The van der Waals surface area contributed by atoms with Crippen LogP contribution in [0, 0.1) is 6.92 Å². The summed E-state index contributed by atoms with van der Waals surface area (Å²) in [6.07, 6.45) is 1.19. The molecule has 3 rings (SSSR count). The Morgan fingerprint density at radius 3 is 2.35 bits per heavy atom. The van der Waals surface area contributed by atoms with Crippen molar-refractivity contribution in [3.63, 3.8) is 0 Å². The summed E-state index contributed by atoms with van der Waals surface area (Å²) in [5.41, 5.74) is 3.56. The minimum atomic E-state index is -3.59. The predicted molar refractivity (Wildman–Crippen MR) is 120 cm³/mol. The van der Waals surface area contributed by atoms with E-state index in [9.17, 15) is 18.0 Å². The van der Waals surface area contributed by atoms with Crippen LogP contribution in [-0.4, -0.2) is 39.6 Å². The van der Waals surface area contributed by atoms with Crippen LogP contribution in [0.4, 0.5) is 5.69 Å². The second-order valence-corrected chi connectivity index (χ2v) is 10.3. The number of carbonyl (C=O) groups is 2. The van der Waals surface area contributed by atoms with E-state index in [4.69, 9.17) is 4.74 Å². The van der Waals surface area contributed by atoms with E-state index < -0.39 is 22.4 Å². The quantitative estimate of drug-likeness (QED) is 0.483. The second kappa shape index (κ2) is 8.67. The largest absolute Gasteiger partial charge is 0.457 e. The van der Waals surface area contributed by atoms with E-state index in [-0.39, 0.29) is 28.3 Å². The zero-order valence-electron chi connectivity index (χ0n) is 18.2. The zero-order chi connectivity index (χ0) is 22.8. The number of esters is 1. The molecule has 1 aliphatic heterocycles. The van der Waals surface area contributed by atoms with Gasteiger partial charge in [-0.15, -0.1) is 0 Å². The highest BCUT2D eigenvalue weighted by Gasteiger charge is 2.38. The van der Waals surface area contributed by atoms with Gasteiger partial charge < -0.3 is 9.64 Å². The number of benzene rings is 2. The third kappa shape index (κ3) is 4.88. The molecule has 6 nitrogen and oxygen atoms in total. The number of anilines is 1. The first-order valence-electron chi connectivity index (χ1n) is 10.1. The van der Waals surface area contributed by atoms with E-state index in [1.54, 1.807) is 12.1 Å². The number of nitrogens with zero attached hydrogens (tertiary/aromatic N) is 1. The molecule has 0 aromatic heterocycles. The Labute approximate surface area is 183 Å². The zero-order valence-corrected chi connectivity index (χ0v) is 19.0. The van der Waals surface area contributed by atoms with Gasteiger partial charge in [0.25, 0.3) is 0 Å². The van der Waals surface area contributed by atoms with Gasteiger partial charge in [0.2, 0.25) is 0 Å². The molecule has 0 saturated heterocycles. The molecule has 0 atom stereocenters. The Morgan fingerprint density at radius 2 is 1.71 bits per heavy atom. The minimum absolute atomic E-state index is 0.165. The number of likely N-dealkylation sites (N-methyl/N-ethyl adjacent to an activating group) is 1. The summed E-state index contributed by atoms with van der Waals surface area (Å²) in [5.74, 6) is -1.43. The lowest BCUT2D eigenvalue weighted by atomic mass is 9.83. The van der Waals surface area contributed by atoms with Gasteiger partial charge in [-0.05, 0) is 30.7 Å². The Balaban J connectivity index is 1.57. The topological polar surface area (TPSA) is 80.7 Å². The molecular formula is C24H27NO5S. The number of allylic oxidation sites excluding steroid dienone is 1. The summed E-state index contributed by atoms with van der Waals surface area (Å²) < 4.78 is 29.7. The molecule has 2 aromatic rings. The standard InChI is InChI=1S/C24H27NO5S/c1-17-9-11-19(12-10-17)31(28,29)14-13-23(27)30-16-18(26)15-22-24(2,3)20-7-5-6-8-21(20)25(22)4/h5-12,15H,13-14,16H2,1-4H3/b22-15+. The van der Waals surface area contributed by atoms with Crippen molar-refractivity contribution in [2.45, 2.75) is 37.5 Å². The van der Waals surface area contributed by atoms with Crippen molar-refractivity contribution in [2.75, 3.05) is 24.3 Å². The number of rotatable bonds is 7. The average molecular weight is 442 g/mol. The number of ether oxygens (including phenoxy) is 1.